The van der Waals surface area contributed by atoms with Crippen LogP contribution < -0.4 is 52.8 Å². The minimum Gasteiger partial charge on any atom is -0.0623 e. The van der Waals surface area contributed by atoms with Crippen molar-refractivity contribution in [2.75, 3.05) is 24.6 Å². The Morgan fingerprint density at radius 1 is 0.286 bits per heavy atom. The van der Waals surface area contributed by atoms with E-state index in [2.05, 4.69) is 231 Å². The molecule has 8 aromatic carbocycles. The summed E-state index contributed by atoms with van der Waals surface area (Å²) in [7, 11) is -3.43. The van der Waals surface area contributed by atoms with E-state index in [0.29, 0.717) is 5.54 Å². The third-order valence-corrected chi connectivity index (χ3v) is 27.2. The molecule has 1 fully saturated rings. The molecule has 8 aromatic rings. The van der Waals surface area contributed by atoms with E-state index in [1.165, 1.54) is 88.6 Å². The first-order valence-electron chi connectivity index (χ1n) is 22.8. The molecule has 2 atom stereocenters. The third-order valence-electron chi connectivity index (χ3n) is 12.5. The van der Waals surface area contributed by atoms with Gasteiger partial charge in [0.15, 0.2) is 0 Å². The summed E-state index contributed by atoms with van der Waals surface area (Å²) in [6.45, 7) is 0. The topological polar surface area (TPSA) is 0 Å². The van der Waals surface area contributed by atoms with Crippen LogP contribution in [0.1, 0.15) is 32.1 Å². The molecule has 63 heavy (non-hydrogen) atoms. The van der Waals surface area contributed by atoms with E-state index < -0.39 is 40.5 Å². The number of rotatable bonds is 17. The van der Waals surface area contributed by atoms with E-state index >= 15 is 0 Å². The SMILES string of the molecule is c1ccc(P(CCP(c2ccccc2)c2ccccc2[Si](c2ccccc2P(CCP(c2ccccc2)c2ccccc2)c2ccccc2)C2CCCCC2)c2ccccc2)cc1. The first-order chi connectivity index (χ1) is 31.3. The van der Waals surface area contributed by atoms with Crippen LogP contribution >= 0.6 is 31.7 Å². The second-order valence-corrected chi connectivity index (χ2v) is 28.4. The van der Waals surface area contributed by atoms with Crippen LogP contribution in [-0.4, -0.2) is 33.4 Å². The molecule has 0 amide bonds. The van der Waals surface area contributed by atoms with Crippen LogP contribution in [0.2, 0.25) is 5.54 Å². The molecule has 0 saturated heterocycles. The molecule has 0 nitrogen and oxygen atoms in total. The maximum absolute atomic E-state index is 2.60. The largest absolute Gasteiger partial charge is 0.126 e. The quantitative estimate of drug-likeness (QED) is 0.0631. The highest BCUT2D eigenvalue weighted by molar-refractivity contribution is 7.77. The van der Waals surface area contributed by atoms with Gasteiger partial charge < -0.3 is 0 Å². The van der Waals surface area contributed by atoms with E-state index in [1.54, 1.807) is 21.0 Å². The molecule has 0 heterocycles. The van der Waals surface area contributed by atoms with Gasteiger partial charge in [0.2, 0.25) is 0 Å². The van der Waals surface area contributed by atoms with Crippen molar-refractivity contribution in [1.29, 1.82) is 0 Å². The molecular formula is C58H57P4Si. The minimum absolute atomic E-state index is 0.500. The van der Waals surface area contributed by atoms with Crippen molar-refractivity contribution in [2.24, 2.45) is 0 Å². The predicted octanol–water partition coefficient (Wildman–Crippen LogP) is 10.8. The first kappa shape index (κ1) is 43.9. The zero-order valence-corrected chi connectivity index (χ0v) is 40.7. The fourth-order valence-electron chi connectivity index (χ4n) is 9.49. The molecule has 2 unspecified atom stereocenters. The Morgan fingerprint density at radius 3 is 0.857 bits per heavy atom. The van der Waals surface area contributed by atoms with Gasteiger partial charge in [0.05, 0.1) is 0 Å². The normalized spacial score (nSPS) is 14.2. The van der Waals surface area contributed by atoms with Gasteiger partial charge in [-0.15, -0.1) is 0 Å². The number of hydrogen-bond donors (Lipinski definition) is 0. The van der Waals surface area contributed by atoms with Crippen molar-refractivity contribution in [3.63, 3.8) is 0 Å². The summed E-state index contributed by atoms with van der Waals surface area (Å²) in [4.78, 5) is 0. The summed E-state index contributed by atoms with van der Waals surface area (Å²) in [6.07, 6.45) is 11.4. The Balaban J connectivity index is 1.14. The van der Waals surface area contributed by atoms with Crippen LogP contribution in [0.15, 0.2) is 231 Å². The monoisotopic (exact) mass is 905 g/mol. The van der Waals surface area contributed by atoms with Crippen molar-refractivity contribution in [1.82, 2.24) is 0 Å². The molecule has 1 aliphatic rings. The predicted molar refractivity (Wildman–Crippen MR) is 288 cm³/mol. The second kappa shape index (κ2) is 22.5. The molecule has 313 valence electrons. The molecule has 0 aromatic heterocycles. The molecule has 0 bridgehead atoms. The summed E-state index contributed by atoms with van der Waals surface area (Å²) in [6, 6.07) is 88.5. The van der Waals surface area contributed by atoms with E-state index in [0.717, 1.165) is 0 Å². The highest BCUT2D eigenvalue weighted by atomic mass is 31.1. The van der Waals surface area contributed by atoms with Gasteiger partial charge in [-0.2, -0.15) is 0 Å². The van der Waals surface area contributed by atoms with E-state index in [4.69, 9.17) is 0 Å². The maximum Gasteiger partial charge on any atom is 0.126 e. The van der Waals surface area contributed by atoms with E-state index in [1.807, 2.05) is 0 Å². The summed E-state index contributed by atoms with van der Waals surface area (Å²) < 4.78 is 0. The molecule has 0 N–H and O–H groups in total. The molecular weight excluding hydrogens is 849 g/mol. The Labute approximate surface area is 383 Å². The maximum atomic E-state index is 2.60. The van der Waals surface area contributed by atoms with Crippen LogP contribution in [0, 0.1) is 0 Å². The highest BCUT2D eigenvalue weighted by Gasteiger charge is 2.35. The second-order valence-electron chi connectivity index (χ2n) is 16.4. The van der Waals surface area contributed by atoms with Crippen LogP contribution in [0.4, 0.5) is 0 Å². The Bertz CT molecular complexity index is 2320. The zero-order chi connectivity index (χ0) is 42.5. The highest BCUT2D eigenvalue weighted by Crippen LogP contribution is 2.44. The fraction of sp³-hybridized carbons (Fsp3) is 0.172. The summed E-state index contributed by atoms with van der Waals surface area (Å²) >= 11 is 0. The molecule has 0 aliphatic heterocycles. The van der Waals surface area contributed by atoms with Crippen LogP contribution in [-0.2, 0) is 0 Å². The standard InChI is InChI=1S/C58H57P4Si/c1-8-26-48(27-9-1)59(49-28-10-2-11-29-49)44-46-61(52-34-16-5-17-35-52)55-40-22-24-42-57(55)63(54-38-20-7-21-39-54)58-43-25-23-41-56(58)62(53-36-18-6-19-37-53)47-45-60(50-30-12-3-13-31-50)51-32-14-4-15-33-51/h1-6,8-19,22-37,40-43,54H,7,20-21,38-39,44-47H2. The summed E-state index contributed by atoms with van der Waals surface area (Å²) in [5.74, 6) is 0. The average molecular weight is 906 g/mol. The van der Waals surface area contributed by atoms with Gasteiger partial charge in [0, 0.05) is 0 Å². The third kappa shape index (κ3) is 11.0. The van der Waals surface area contributed by atoms with Gasteiger partial charge in [-0.05, 0) is 115 Å². The van der Waals surface area contributed by atoms with Crippen molar-refractivity contribution < 1.29 is 0 Å². The van der Waals surface area contributed by atoms with Gasteiger partial charge in [0.25, 0.3) is 0 Å². The average Bonchev–Trinajstić information content (AvgIpc) is 3.37. The minimum atomic E-state index is -1.20. The smallest absolute Gasteiger partial charge is 0.0623 e. The lowest BCUT2D eigenvalue weighted by atomic mass is 10.0. The summed E-state index contributed by atoms with van der Waals surface area (Å²) in [5, 5.41) is 15.6. The molecule has 9 rings (SSSR count). The van der Waals surface area contributed by atoms with Gasteiger partial charge in [-0.3, -0.25) is 0 Å². The Hall–Kier alpha value is -4.30. The lowest BCUT2D eigenvalue weighted by molar-refractivity contribution is 0.499. The van der Waals surface area contributed by atoms with Gasteiger partial charge >= 0.3 is 0 Å². The van der Waals surface area contributed by atoms with Crippen LogP contribution in [0.25, 0.3) is 0 Å². The molecule has 5 heteroatoms. The van der Waals surface area contributed by atoms with E-state index in [9.17, 15) is 0 Å². The fourth-order valence-corrected chi connectivity index (χ4v) is 25.3. The van der Waals surface area contributed by atoms with Crippen LogP contribution in [0.5, 0.6) is 0 Å². The Kier molecular flexibility index (Phi) is 15.7. The molecule has 1 radical (unpaired) electrons. The van der Waals surface area contributed by atoms with Gasteiger partial charge in [0.1, 0.15) is 8.80 Å². The van der Waals surface area contributed by atoms with Crippen molar-refractivity contribution >= 4 is 93.3 Å². The molecule has 1 saturated carbocycles. The van der Waals surface area contributed by atoms with Gasteiger partial charge in [-0.25, -0.2) is 0 Å². The van der Waals surface area contributed by atoms with Crippen LogP contribution in [0.3, 0.4) is 0 Å². The summed E-state index contributed by atoms with van der Waals surface area (Å²) in [5.41, 5.74) is 0.711. The van der Waals surface area contributed by atoms with E-state index in [-0.39, 0.29) is 0 Å². The number of hydrogen-bond acceptors (Lipinski definition) is 0. The van der Waals surface area contributed by atoms with Gasteiger partial charge in [-0.1, -0.05) is 263 Å². The number of benzene rings is 8. The Morgan fingerprint density at radius 2 is 0.540 bits per heavy atom. The van der Waals surface area contributed by atoms with Crippen molar-refractivity contribution in [2.45, 2.75) is 37.6 Å². The molecule has 0 spiro atoms. The van der Waals surface area contributed by atoms with Crippen molar-refractivity contribution in [3.8, 4) is 0 Å². The zero-order valence-electron chi connectivity index (χ0n) is 36.2. The lowest BCUT2D eigenvalue weighted by Gasteiger charge is -2.35. The van der Waals surface area contributed by atoms with Crippen molar-refractivity contribution in [3.05, 3.63) is 231 Å². The molecule has 1 aliphatic carbocycles. The first-order valence-corrected chi connectivity index (χ1v) is 30.5. The lowest BCUT2D eigenvalue weighted by Crippen LogP contribution is -2.56.